The molecule has 0 atom stereocenters. The van der Waals surface area contributed by atoms with Crippen LogP contribution in [-0.4, -0.2) is 48.1 Å². The molecule has 0 aliphatic carbocycles. The summed E-state index contributed by atoms with van der Waals surface area (Å²) in [4.78, 5) is 17.0. The highest BCUT2D eigenvalue weighted by Gasteiger charge is 2.35. The molecule has 2 amide bonds. The second-order valence-electron chi connectivity index (χ2n) is 8.29. The number of hydrogen-bond acceptors (Lipinski definition) is 2. The van der Waals surface area contributed by atoms with E-state index in [2.05, 4.69) is 56.1 Å². The third-order valence-corrected chi connectivity index (χ3v) is 4.87. The first-order valence-electron chi connectivity index (χ1n) is 9.71. The van der Waals surface area contributed by atoms with E-state index in [-0.39, 0.29) is 6.03 Å². The van der Waals surface area contributed by atoms with Gasteiger partial charge in [-0.15, -0.1) is 0 Å². The van der Waals surface area contributed by atoms with E-state index in [4.69, 9.17) is 0 Å². The van der Waals surface area contributed by atoms with Crippen LogP contribution in [0.2, 0.25) is 0 Å². The van der Waals surface area contributed by atoms with Crippen molar-refractivity contribution in [2.75, 3.05) is 31.5 Å². The van der Waals surface area contributed by atoms with Crippen molar-refractivity contribution in [1.82, 2.24) is 9.80 Å². The van der Waals surface area contributed by atoms with Crippen molar-refractivity contribution in [2.45, 2.75) is 33.7 Å². The number of amides is 2. The van der Waals surface area contributed by atoms with Gasteiger partial charge in [0, 0.05) is 37.9 Å². The molecule has 1 aliphatic rings. The first kappa shape index (κ1) is 18.7. The van der Waals surface area contributed by atoms with Crippen LogP contribution in [0.25, 0.3) is 10.8 Å². The van der Waals surface area contributed by atoms with Crippen molar-refractivity contribution in [1.29, 1.82) is 0 Å². The summed E-state index contributed by atoms with van der Waals surface area (Å²) in [5.41, 5.74) is 0.860. The van der Waals surface area contributed by atoms with Gasteiger partial charge in [-0.25, -0.2) is 4.79 Å². The number of rotatable bonds is 6. The van der Waals surface area contributed by atoms with Gasteiger partial charge in [0.2, 0.25) is 0 Å². The zero-order chi connectivity index (χ0) is 18.7. The van der Waals surface area contributed by atoms with Crippen molar-refractivity contribution in [3.05, 3.63) is 42.5 Å². The minimum absolute atomic E-state index is 0.00516. The Kier molecular flexibility index (Phi) is 5.82. The van der Waals surface area contributed by atoms with Crippen LogP contribution in [-0.2, 0) is 0 Å². The Labute approximate surface area is 157 Å². The molecule has 4 heteroatoms. The van der Waals surface area contributed by atoms with E-state index in [1.54, 1.807) is 0 Å². The number of anilines is 1. The molecule has 140 valence electrons. The van der Waals surface area contributed by atoms with Crippen molar-refractivity contribution in [3.63, 3.8) is 0 Å². The average molecular weight is 354 g/mol. The topological polar surface area (TPSA) is 35.6 Å². The summed E-state index contributed by atoms with van der Waals surface area (Å²) < 4.78 is 0. The maximum absolute atomic E-state index is 12.5. The molecule has 2 aromatic carbocycles. The van der Waals surface area contributed by atoms with E-state index in [1.165, 1.54) is 5.39 Å². The van der Waals surface area contributed by atoms with Gasteiger partial charge in [0.05, 0.1) is 0 Å². The predicted octanol–water partition coefficient (Wildman–Crippen LogP) is 4.67. The third kappa shape index (κ3) is 4.55. The minimum Gasteiger partial charge on any atom is -0.321 e. The summed E-state index contributed by atoms with van der Waals surface area (Å²) in [6, 6.07) is 14.8. The number of hydrogen-bond donors (Lipinski definition) is 1. The third-order valence-electron chi connectivity index (χ3n) is 4.87. The molecule has 1 heterocycles. The molecular weight excluding hydrogens is 322 g/mol. The fourth-order valence-electron chi connectivity index (χ4n) is 3.63. The Balaban J connectivity index is 1.56. The maximum Gasteiger partial charge on any atom is 0.321 e. The predicted molar refractivity (Wildman–Crippen MR) is 110 cm³/mol. The van der Waals surface area contributed by atoms with E-state index >= 15 is 0 Å². The second kappa shape index (κ2) is 8.09. The number of benzene rings is 2. The monoisotopic (exact) mass is 353 g/mol. The summed E-state index contributed by atoms with van der Waals surface area (Å²) in [6.45, 7) is 12.9. The second-order valence-corrected chi connectivity index (χ2v) is 8.29. The molecule has 2 aromatic rings. The SMILES string of the molecule is CC(C)CN(CC(C)C)C1CN(C(=O)Nc2ccc3ccccc3c2)C1. The van der Waals surface area contributed by atoms with Gasteiger partial charge in [-0.3, -0.25) is 4.90 Å². The largest absolute Gasteiger partial charge is 0.321 e. The fourth-order valence-corrected chi connectivity index (χ4v) is 3.63. The molecule has 0 aromatic heterocycles. The molecule has 1 fully saturated rings. The lowest BCUT2D eigenvalue weighted by atomic mass is 10.0. The van der Waals surface area contributed by atoms with E-state index in [1.807, 2.05) is 29.2 Å². The number of fused-ring (bicyclic) bond motifs is 1. The maximum atomic E-state index is 12.5. The van der Waals surface area contributed by atoms with E-state index in [0.717, 1.165) is 37.3 Å². The van der Waals surface area contributed by atoms with Crippen LogP contribution in [0.5, 0.6) is 0 Å². The number of nitrogens with one attached hydrogen (secondary N) is 1. The molecule has 1 saturated heterocycles. The number of likely N-dealkylation sites (tertiary alicyclic amines) is 1. The van der Waals surface area contributed by atoms with Gasteiger partial charge in [0.1, 0.15) is 0 Å². The normalized spacial score (nSPS) is 15.1. The molecule has 0 saturated carbocycles. The standard InChI is InChI=1S/C22H31N3O/c1-16(2)12-24(13-17(3)4)21-14-25(15-21)22(26)23-20-10-9-18-7-5-6-8-19(18)11-20/h5-11,16-17,21H,12-15H2,1-4H3,(H,23,26). The minimum atomic E-state index is 0.00516. The number of urea groups is 1. The molecule has 1 N–H and O–H groups in total. The molecule has 26 heavy (non-hydrogen) atoms. The Morgan fingerprint density at radius 3 is 2.27 bits per heavy atom. The Bertz CT molecular complexity index is 740. The number of nitrogens with zero attached hydrogens (tertiary/aromatic N) is 2. The highest BCUT2D eigenvalue weighted by atomic mass is 16.2. The summed E-state index contributed by atoms with van der Waals surface area (Å²) >= 11 is 0. The van der Waals surface area contributed by atoms with Crippen LogP contribution in [0.15, 0.2) is 42.5 Å². The summed E-state index contributed by atoms with van der Waals surface area (Å²) in [5, 5.41) is 5.38. The van der Waals surface area contributed by atoms with Crippen LogP contribution in [0, 0.1) is 11.8 Å². The van der Waals surface area contributed by atoms with Crippen molar-refractivity contribution >= 4 is 22.5 Å². The van der Waals surface area contributed by atoms with Gasteiger partial charge < -0.3 is 10.2 Å². The average Bonchev–Trinajstić information content (AvgIpc) is 2.52. The van der Waals surface area contributed by atoms with Gasteiger partial charge in [-0.1, -0.05) is 58.0 Å². The van der Waals surface area contributed by atoms with Gasteiger partial charge in [0.15, 0.2) is 0 Å². The zero-order valence-electron chi connectivity index (χ0n) is 16.4. The van der Waals surface area contributed by atoms with Crippen LogP contribution in [0.3, 0.4) is 0 Å². The quantitative estimate of drug-likeness (QED) is 0.819. The van der Waals surface area contributed by atoms with Gasteiger partial charge in [-0.05, 0) is 34.7 Å². The van der Waals surface area contributed by atoms with Gasteiger partial charge in [-0.2, -0.15) is 0 Å². The van der Waals surface area contributed by atoms with E-state index < -0.39 is 0 Å². The van der Waals surface area contributed by atoms with E-state index in [0.29, 0.717) is 17.9 Å². The Hall–Kier alpha value is -2.07. The molecule has 0 bridgehead atoms. The lowest BCUT2D eigenvalue weighted by molar-refractivity contribution is 0.0464. The van der Waals surface area contributed by atoms with E-state index in [9.17, 15) is 4.79 Å². The molecule has 4 nitrogen and oxygen atoms in total. The smallest absolute Gasteiger partial charge is 0.321 e. The summed E-state index contributed by atoms with van der Waals surface area (Å²) in [5.74, 6) is 1.29. The lowest BCUT2D eigenvalue weighted by Gasteiger charge is -2.46. The fraction of sp³-hybridized carbons (Fsp3) is 0.500. The molecule has 3 rings (SSSR count). The highest BCUT2D eigenvalue weighted by molar-refractivity contribution is 5.93. The van der Waals surface area contributed by atoms with Crippen LogP contribution in [0.4, 0.5) is 10.5 Å². The van der Waals surface area contributed by atoms with Crippen molar-refractivity contribution in [3.8, 4) is 0 Å². The summed E-state index contributed by atoms with van der Waals surface area (Å²) in [6.07, 6.45) is 0. The van der Waals surface area contributed by atoms with Crippen molar-refractivity contribution in [2.24, 2.45) is 11.8 Å². The van der Waals surface area contributed by atoms with Gasteiger partial charge in [0.25, 0.3) is 0 Å². The molecule has 0 radical (unpaired) electrons. The molecule has 0 spiro atoms. The molecular formula is C22H31N3O. The number of carbonyl (C=O) groups is 1. The first-order valence-corrected chi connectivity index (χ1v) is 9.71. The van der Waals surface area contributed by atoms with Crippen LogP contribution < -0.4 is 5.32 Å². The Morgan fingerprint density at radius 2 is 1.65 bits per heavy atom. The van der Waals surface area contributed by atoms with Crippen molar-refractivity contribution < 1.29 is 4.79 Å². The van der Waals surface area contributed by atoms with Crippen LogP contribution >= 0.6 is 0 Å². The first-order chi connectivity index (χ1) is 12.4. The molecule has 0 unspecified atom stereocenters. The highest BCUT2D eigenvalue weighted by Crippen LogP contribution is 2.22. The lowest BCUT2D eigenvalue weighted by Crippen LogP contribution is -2.62. The van der Waals surface area contributed by atoms with Crippen LogP contribution in [0.1, 0.15) is 27.7 Å². The molecule has 1 aliphatic heterocycles. The zero-order valence-corrected chi connectivity index (χ0v) is 16.4. The Morgan fingerprint density at radius 1 is 1.04 bits per heavy atom. The van der Waals surface area contributed by atoms with Gasteiger partial charge >= 0.3 is 6.03 Å². The number of carbonyl (C=O) groups excluding carboxylic acids is 1. The summed E-state index contributed by atoms with van der Waals surface area (Å²) in [7, 11) is 0.